The van der Waals surface area contributed by atoms with Crippen LogP contribution < -0.4 is 5.73 Å². The van der Waals surface area contributed by atoms with Crippen molar-refractivity contribution in [3.63, 3.8) is 0 Å². The topological polar surface area (TPSA) is 63.3 Å². The SMILES string of the molecule is NC(=S)c1ccccc1C=CC(=O)O. The fourth-order valence-electron chi connectivity index (χ4n) is 1.03. The van der Waals surface area contributed by atoms with Crippen molar-refractivity contribution in [1.29, 1.82) is 0 Å². The van der Waals surface area contributed by atoms with Gasteiger partial charge in [0.05, 0.1) is 0 Å². The molecule has 3 N–H and O–H groups in total. The van der Waals surface area contributed by atoms with Gasteiger partial charge in [-0.1, -0.05) is 36.5 Å². The Labute approximate surface area is 86.9 Å². The number of carbonyl (C=O) groups is 1. The molecule has 1 aromatic carbocycles. The Kier molecular flexibility index (Phi) is 3.36. The van der Waals surface area contributed by atoms with Crippen LogP contribution in [0.2, 0.25) is 0 Å². The summed E-state index contributed by atoms with van der Waals surface area (Å²) in [5.74, 6) is -0.997. The summed E-state index contributed by atoms with van der Waals surface area (Å²) in [7, 11) is 0. The summed E-state index contributed by atoms with van der Waals surface area (Å²) < 4.78 is 0. The van der Waals surface area contributed by atoms with Gasteiger partial charge in [-0.25, -0.2) is 4.79 Å². The van der Waals surface area contributed by atoms with Gasteiger partial charge in [0.15, 0.2) is 0 Å². The third kappa shape index (κ3) is 2.67. The zero-order valence-electron chi connectivity index (χ0n) is 7.31. The first-order valence-electron chi connectivity index (χ1n) is 3.91. The predicted octanol–water partition coefficient (Wildman–Crippen LogP) is 1.42. The fourth-order valence-corrected chi connectivity index (χ4v) is 1.21. The third-order valence-corrected chi connectivity index (χ3v) is 1.85. The summed E-state index contributed by atoms with van der Waals surface area (Å²) >= 11 is 4.83. The summed E-state index contributed by atoms with van der Waals surface area (Å²) in [6.45, 7) is 0. The Morgan fingerprint density at radius 1 is 1.43 bits per heavy atom. The number of thiocarbonyl (C=S) groups is 1. The first-order chi connectivity index (χ1) is 6.61. The lowest BCUT2D eigenvalue weighted by Crippen LogP contribution is -2.10. The number of nitrogens with two attached hydrogens (primary N) is 1. The Morgan fingerprint density at radius 2 is 2.07 bits per heavy atom. The fraction of sp³-hybridized carbons (Fsp3) is 0. The van der Waals surface area contributed by atoms with E-state index in [0.717, 1.165) is 6.08 Å². The zero-order valence-corrected chi connectivity index (χ0v) is 8.12. The highest BCUT2D eigenvalue weighted by Crippen LogP contribution is 2.10. The van der Waals surface area contributed by atoms with E-state index in [0.29, 0.717) is 11.1 Å². The van der Waals surface area contributed by atoms with Crippen molar-refractivity contribution in [3.05, 3.63) is 41.5 Å². The van der Waals surface area contributed by atoms with Crippen LogP contribution in [0.3, 0.4) is 0 Å². The minimum Gasteiger partial charge on any atom is -0.478 e. The molecule has 0 aliphatic carbocycles. The Bertz CT molecular complexity index is 399. The molecule has 0 spiro atoms. The van der Waals surface area contributed by atoms with Crippen molar-refractivity contribution >= 4 is 29.3 Å². The van der Waals surface area contributed by atoms with Crippen LogP contribution in [0.15, 0.2) is 30.3 Å². The van der Waals surface area contributed by atoms with Gasteiger partial charge in [-0.3, -0.25) is 0 Å². The van der Waals surface area contributed by atoms with E-state index in [1.165, 1.54) is 6.08 Å². The highest BCUT2D eigenvalue weighted by molar-refractivity contribution is 7.80. The van der Waals surface area contributed by atoms with Crippen LogP contribution in [-0.2, 0) is 4.79 Å². The van der Waals surface area contributed by atoms with Gasteiger partial charge in [0.2, 0.25) is 0 Å². The van der Waals surface area contributed by atoms with Gasteiger partial charge < -0.3 is 10.8 Å². The van der Waals surface area contributed by atoms with Crippen LogP contribution in [0.1, 0.15) is 11.1 Å². The maximum atomic E-state index is 10.3. The Hall–Kier alpha value is -1.68. The number of benzene rings is 1. The largest absolute Gasteiger partial charge is 0.478 e. The summed E-state index contributed by atoms with van der Waals surface area (Å²) in [5.41, 5.74) is 6.86. The minimum absolute atomic E-state index is 0.260. The number of rotatable bonds is 3. The van der Waals surface area contributed by atoms with Gasteiger partial charge >= 0.3 is 5.97 Å². The smallest absolute Gasteiger partial charge is 0.328 e. The van der Waals surface area contributed by atoms with E-state index in [9.17, 15) is 4.79 Å². The molecule has 0 fully saturated rings. The molecule has 0 amide bonds. The zero-order chi connectivity index (χ0) is 10.6. The molecule has 0 saturated heterocycles. The molecule has 0 aliphatic rings. The molecule has 4 heteroatoms. The van der Waals surface area contributed by atoms with Crippen LogP contribution in [0.25, 0.3) is 6.08 Å². The van der Waals surface area contributed by atoms with Crippen LogP contribution in [0.4, 0.5) is 0 Å². The standard InChI is InChI=1S/C10H9NO2S/c11-10(14)8-4-2-1-3-7(8)5-6-9(12)13/h1-6H,(H2,11,14)(H,12,13). The molecule has 1 aromatic rings. The normalized spacial score (nSPS) is 10.3. The molecule has 0 unspecified atom stereocenters. The molecule has 3 nitrogen and oxygen atoms in total. The van der Waals surface area contributed by atoms with Gasteiger partial charge in [0.25, 0.3) is 0 Å². The van der Waals surface area contributed by atoms with Crippen molar-refractivity contribution in [2.45, 2.75) is 0 Å². The molecule has 0 aromatic heterocycles. The molecule has 14 heavy (non-hydrogen) atoms. The number of aliphatic carboxylic acids is 1. The van der Waals surface area contributed by atoms with Crippen molar-refractivity contribution in [3.8, 4) is 0 Å². The maximum absolute atomic E-state index is 10.3. The molecular weight excluding hydrogens is 198 g/mol. The highest BCUT2D eigenvalue weighted by Gasteiger charge is 2.00. The summed E-state index contributed by atoms with van der Waals surface area (Å²) in [6.07, 6.45) is 2.52. The Balaban J connectivity index is 3.07. The van der Waals surface area contributed by atoms with Gasteiger partial charge in [-0.05, 0) is 11.6 Å². The van der Waals surface area contributed by atoms with Crippen molar-refractivity contribution in [1.82, 2.24) is 0 Å². The molecule has 72 valence electrons. The molecule has 0 saturated carbocycles. The average molecular weight is 207 g/mol. The van der Waals surface area contributed by atoms with Crippen LogP contribution in [0, 0.1) is 0 Å². The van der Waals surface area contributed by atoms with E-state index in [1.807, 2.05) is 0 Å². The summed E-state index contributed by atoms with van der Waals surface area (Å²) in [4.78, 5) is 10.6. The van der Waals surface area contributed by atoms with Gasteiger partial charge in [0, 0.05) is 11.6 Å². The van der Waals surface area contributed by atoms with E-state index in [4.69, 9.17) is 23.1 Å². The number of carboxylic acid groups (broad SMARTS) is 1. The average Bonchev–Trinajstić information content (AvgIpc) is 2.15. The van der Waals surface area contributed by atoms with E-state index in [2.05, 4.69) is 0 Å². The van der Waals surface area contributed by atoms with Crippen LogP contribution >= 0.6 is 12.2 Å². The van der Waals surface area contributed by atoms with E-state index < -0.39 is 5.97 Å². The van der Waals surface area contributed by atoms with Crippen molar-refractivity contribution in [2.75, 3.05) is 0 Å². The summed E-state index contributed by atoms with van der Waals surface area (Å²) in [6, 6.07) is 7.10. The first-order valence-corrected chi connectivity index (χ1v) is 4.32. The van der Waals surface area contributed by atoms with Crippen molar-refractivity contribution in [2.24, 2.45) is 5.73 Å². The number of hydrogen-bond donors (Lipinski definition) is 2. The quantitative estimate of drug-likeness (QED) is 0.581. The monoisotopic (exact) mass is 207 g/mol. The second kappa shape index (κ2) is 4.53. The molecule has 0 bridgehead atoms. The minimum atomic E-state index is -0.997. The van der Waals surface area contributed by atoms with E-state index in [-0.39, 0.29) is 4.99 Å². The molecule has 0 atom stereocenters. The van der Waals surface area contributed by atoms with Crippen molar-refractivity contribution < 1.29 is 9.90 Å². The molecule has 0 radical (unpaired) electrons. The molecular formula is C10H9NO2S. The maximum Gasteiger partial charge on any atom is 0.328 e. The third-order valence-electron chi connectivity index (χ3n) is 1.63. The predicted molar refractivity (Wildman–Crippen MR) is 59.0 cm³/mol. The molecule has 1 rings (SSSR count). The van der Waals surface area contributed by atoms with Crippen LogP contribution in [-0.4, -0.2) is 16.1 Å². The molecule has 0 heterocycles. The molecule has 0 aliphatic heterocycles. The number of hydrogen-bond acceptors (Lipinski definition) is 2. The lowest BCUT2D eigenvalue weighted by molar-refractivity contribution is -0.131. The highest BCUT2D eigenvalue weighted by atomic mass is 32.1. The second-order valence-corrected chi connectivity index (χ2v) is 3.06. The lowest BCUT2D eigenvalue weighted by Gasteiger charge is -2.02. The van der Waals surface area contributed by atoms with E-state index >= 15 is 0 Å². The van der Waals surface area contributed by atoms with Gasteiger partial charge in [-0.2, -0.15) is 0 Å². The lowest BCUT2D eigenvalue weighted by atomic mass is 10.1. The summed E-state index contributed by atoms with van der Waals surface area (Å²) in [5, 5.41) is 8.45. The van der Waals surface area contributed by atoms with E-state index in [1.54, 1.807) is 24.3 Å². The Morgan fingerprint density at radius 3 is 2.64 bits per heavy atom. The second-order valence-electron chi connectivity index (χ2n) is 2.62. The van der Waals surface area contributed by atoms with Gasteiger partial charge in [0.1, 0.15) is 4.99 Å². The first kappa shape index (κ1) is 10.4. The van der Waals surface area contributed by atoms with Gasteiger partial charge in [-0.15, -0.1) is 0 Å². The van der Waals surface area contributed by atoms with Crippen LogP contribution in [0.5, 0.6) is 0 Å². The number of carboxylic acids is 1.